The fourth-order valence-corrected chi connectivity index (χ4v) is 2.11. The van der Waals surface area contributed by atoms with Crippen molar-refractivity contribution in [3.8, 4) is 5.75 Å². The van der Waals surface area contributed by atoms with Crippen molar-refractivity contribution in [3.05, 3.63) is 42.5 Å². The van der Waals surface area contributed by atoms with Crippen LogP contribution >= 0.6 is 0 Å². The van der Waals surface area contributed by atoms with Gasteiger partial charge < -0.3 is 14.6 Å². The third kappa shape index (κ3) is 4.25. The van der Waals surface area contributed by atoms with Gasteiger partial charge in [-0.1, -0.05) is 26.0 Å². The van der Waals surface area contributed by atoms with E-state index in [1.807, 2.05) is 36.8 Å². The van der Waals surface area contributed by atoms with E-state index in [0.717, 1.165) is 24.6 Å². The van der Waals surface area contributed by atoms with Gasteiger partial charge in [0.2, 0.25) is 0 Å². The molecule has 0 bridgehead atoms. The van der Waals surface area contributed by atoms with E-state index < -0.39 is 0 Å². The van der Waals surface area contributed by atoms with Crippen LogP contribution in [0.3, 0.4) is 0 Å². The second-order valence-corrected chi connectivity index (χ2v) is 5.94. The van der Waals surface area contributed by atoms with E-state index in [2.05, 4.69) is 42.6 Å². The van der Waals surface area contributed by atoms with Gasteiger partial charge in [-0.05, 0) is 31.9 Å². The van der Waals surface area contributed by atoms with E-state index in [0.29, 0.717) is 12.0 Å². The average molecular weight is 287 g/mol. The third-order valence-electron chi connectivity index (χ3n) is 3.22. The highest BCUT2D eigenvalue weighted by molar-refractivity contribution is 5.56. The van der Waals surface area contributed by atoms with Gasteiger partial charge in [0, 0.05) is 12.2 Å². The van der Waals surface area contributed by atoms with Crippen LogP contribution in [0.25, 0.3) is 0 Å². The van der Waals surface area contributed by atoms with Crippen LogP contribution in [0.4, 0.5) is 5.69 Å². The molecule has 0 fully saturated rings. The summed E-state index contributed by atoms with van der Waals surface area (Å²) in [6.07, 6.45) is 3.79. The zero-order valence-corrected chi connectivity index (χ0v) is 13.3. The number of benzene rings is 1. The standard InChI is InChI=1S/C17H25N3O/c1-13(2)11-21-17-8-6-5-7-16(17)19-10-15-9-18-12-20(15)14(3)4/h5-9,12-14,19H,10-11H2,1-4H3. The molecule has 0 atom stereocenters. The van der Waals surface area contributed by atoms with E-state index >= 15 is 0 Å². The van der Waals surface area contributed by atoms with Gasteiger partial charge in [-0.3, -0.25) is 0 Å². The van der Waals surface area contributed by atoms with Gasteiger partial charge in [0.05, 0.1) is 30.9 Å². The van der Waals surface area contributed by atoms with E-state index in [1.54, 1.807) is 0 Å². The first-order chi connectivity index (χ1) is 10.1. The Kier molecular flexibility index (Phi) is 5.26. The summed E-state index contributed by atoms with van der Waals surface area (Å²) in [5.74, 6) is 1.42. The maximum absolute atomic E-state index is 5.86. The Morgan fingerprint density at radius 3 is 2.67 bits per heavy atom. The molecule has 4 heteroatoms. The number of hydrogen-bond acceptors (Lipinski definition) is 3. The minimum atomic E-state index is 0.414. The molecule has 0 unspecified atom stereocenters. The molecule has 0 saturated carbocycles. The van der Waals surface area contributed by atoms with E-state index in [-0.39, 0.29) is 0 Å². The second-order valence-electron chi connectivity index (χ2n) is 5.94. The number of nitrogens with zero attached hydrogens (tertiary/aromatic N) is 2. The molecule has 0 saturated heterocycles. The Balaban J connectivity index is 2.04. The molecule has 1 heterocycles. The minimum absolute atomic E-state index is 0.414. The molecule has 2 rings (SSSR count). The topological polar surface area (TPSA) is 39.1 Å². The Labute approximate surface area is 127 Å². The maximum atomic E-state index is 5.86. The quantitative estimate of drug-likeness (QED) is 0.833. The number of nitrogens with one attached hydrogen (secondary N) is 1. The number of hydrogen-bond donors (Lipinski definition) is 1. The first-order valence-corrected chi connectivity index (χ1v) is 7.54. The lowest BCUT2D eigenvalue weighted by Crippen LogP contribution is -2.10. The summed E-state index contributed by atoms with van der Waals surface area (Å²) in [5.41, 5.74) is 2.19. The van der Waals surface area contributed by atoms with Crippen molar-refractivity contribution in [1.29, 1.82) is 0 Å². The first-order valence-electron chi connectivity index (χ1n) is 7.54. The van der Waals surface area contributed by atoms with Crippen molar-refractivity contribution < 1.29 is 4.74 Å². The fraction of sp³-hybridized carbons (Fsp3) is 0.471. The predicted molar refractivity (Wildman–Crippen MR) is 86.7 cm³/mol. The molecule has 1 aromatic carbocycles. The lowest BCUT2D eigenvalue weighted by Gasteiger charge is -2.16. The van der Waals surface area contributed by atoms with Crippen molar-refractivity contribution in [2.45, 2.75) is 40.3 Å². The Bertz CT molecular complexity index is 561. The van der Waals surface area contributed by atoms with Crippen LogP contribution < -0.4 is 10.1 Å². The highest BCUT2D eigenvalue weighted by Crippen LogP contribution is 2.25. The minimum Gasteiger partial charge on any atom is -0.491 e. The van der Waals surface area contributed by atoms with Gasteiger partial charge in [0.1, 0.15) is 5.75 Å². The lowest BCUT2D eigenvalue weighted by molar-refractivity contribution is 0.272. The second kappa shape index (κ2) is 7.16. The molecular formula is C17H25N3O. The monoisotopic (exact) mass is 287 g/mol. The van der Waals surface area contributed by atoms with E-state index in [9.17, 15) is 0 Å². The number of ether oxygens (including phenoxy) is 1. The molecule has 0 aliphatic carbocycles. The molecular weight excluding hydrogens is 262 g/mol. The van der Waals surface area contributed by atoms with Crippen molar-refractivity contribution in [2.24, 2.45) is 5.92 Å². The number of anilines is 1. The summed E-state index contributed by atoms with van der Waals surface area (Å²) >= 11 is 0. The van der Waals surface area contributed by atoms with Gasteiger partial charge in [0.15, 0.2) is 0 Å². The Morgan fingerprint density at radius 2 is 1.95 bits per heavy atom. The van der Waals surface area contributed by atoms with Crippen LogP contribution in [0.2, 0.25) is 0 Å². The van der Waals surface area contributed by atoms with Crippen molar-refractivity contribution in [2.75, 3.05) is 11.9 Å². The molecule has 0 spiro atoms. The van der Waals surface area contributed by atoms with Crippen molar-refractivity contribution in [1.82, 2.24) is 9.55 Å². The summed E-state index contributed by atoms with van der Waals surface area (Å²) < 4.78 is 8.03. The molecule has 21 heavy (non-hydrogen) atoms. The lowest BCUT2D eigenvalue weighted by atomic mass is 10.2. The number of aromatic nitrogens is 2. The highest BCUT2D eigenvalue weighted by atomic mass is 16.5. The molecule has 2 aromatic rings. The van der Waals surface area contributed by atoms with Gasteiger partial charge in [-0.2, -0.15) is 0 Å². The predicted octanol–water partition coefficient (Wildman–Crippen LogP) is 4.11. The summed E-state index contributed by atoms with van der Waals surface area (Å²) in [5, 5.41) is 3.45. The molecule has 1 N–H and O–H groups in total. The molecule has 0 radical (unpaired) electrons. The summed E-state index contributed by atoms with van der Waals surface area (Å²) in [4.78, 5) is 4.23. The molecule has 0 aliphatic rings. The number of para-hydroxylation sites is 2. The van der Waals surface area contributed by atoms with Gasteiger partial charge >= 0.3 is 0 Å². The highest BCUT2D eigenvalue weighted by Gasteiger charge is 2.07. The Hall–Kier alpha value is -1.97. The number of imidazole rings is 1. The molecule has 0 amide bonds. The molecule has 1 aromatic heterocycles. The zero-order chi connectivity index (χ0) is 15.2. The van der Waals surface area contributed by atoms with E-state index in [1.165, 1.54) is 5.69 Å². The van der Waals surface area contributed by atoms with E-state index in [4.69, 9.17) is 4.74 Å². The fourth-order valence-electron chi connectivity index (χ4n) is 2.11. The largest absolute Gasteiger partial charge is 0.491 e. The van der Waals surface area contributed by atoms with Crippen LogP contribution in [-0.2, 0) is 6.54 Å². The maximum Gasteiger partial charge on any atom is 0.142 e. The van der Waals surface area contributed by atoms with Crippen LogP contribution in [0.1, 0.15) is 39.4 Å². The average Bonchev–Trinajstić information content (AvgIpc) is 2.92. The van der Waals surface area contributed by atoms with Crippen LogP contribution in [0.15, 0.2) is 36.8 Å². The molecule has 4 nitrogen and oxygen atoms in total. The molecule has 114 valence electrons. The van der Waals surface area contributed by atoms with Crippen molar-refractivity contribution >= 4 is 5.69 Å². The normalized spacial score (nSPS) is 11.1. The van der Waals surface area contributed by atoms with Gasteiger partial charge in [-0.15, -0.1) is 0 Å². The zero-order valence-electron chi connectivity index (χ0n) is 13.3. The van der Waals surface area contributed by atoms with Gasteiger partial charge in [0.25, 0.3) is 0 Å². The summed E-state index contributed by atoms with van der Waals surface area (Å²) in [6, 6.07) is 8.48. The van der Waals surface area contributed by atoms with Crippen LogP contribution in [0, 0.1) is 5.92 Å². The number of rotatable bonds is 7. The smallest absolute Gasteiger partial charge is 0.142 e. The SMILES string of the molecule is CC(C)COc1ccccc1NCc1cncn1C(C)C. The summed E-state index contributed by atoms with van der Waals surface area (Å²) in [6.45, 7) is 10.1. The van der Waals surface area contributed by atoms with Crippen LogP contribution in [-0.4, -0.2) is 16.2 Å². The van der Waals surface area contributed by atoms with Gasteiger partial charge in [-0.25, -0.2) is 4.98 Å². The molecule has 0 aliphatic heterocycles. The Morgan fingerprint density at radius 1 is 1.19 bits per heavy atom. The van der Waals surface area contributed by atoms with Crippen molar-refractivity contribution in [3.63, 3.8) is 0 Å². The first kappa shape index (κ1) is 15.4. The summed E-state index contributed by atoms with van der Waals surface area (Å²) in [7, 11) is 0. The third-order valence-corrected chi connectivity index (χ3v) is 3.22. The van der Waals surface area contributed by atoms with Crippen LogP contribution in [0.5, 0.6) is 5.75 Å².